The molecule has 0 aliphatic heterocycles. The van der Waals surface area contributed by atoms with Gasteiger partial charge in [-0.25, -0.2) is 0 Å². The van der Waals surface area contributed by atoms with Gasteiger partial charge in [-0.15, -0.1) is 0 Å². The smallest absolute Gasteiger partial charge is 0.385 e. The summed E-state index contributed by atoms with van der Waals surface area (Å²) in [7, 11) is 1.55. The molecule has 9 heteroatoms. The molecule has 0 heterocycles. The Morgan fingerprint density at radius 2 is 1.96 bits per heavy atom. The van der Waals surface area contributed by atoms with Crippen molar-refractivity contribution in [1.29, 1.82) is 0 Å². The molecule has 25 heavy (non-hydrogen) atoms. The molecule has 0 unspecified atom stereocenters. The fourth-order valence-electron chi connectivity index (χ4n) is 2.11. The highest BCUT2D eigenvalue weighted by Gasteiger charge is 2.33. The van der Waals surface area contributed by atoms with Crippen molar-refractivity contribution in [3.05, 3.63) is 28.8 Å². The summed E-state index contributed by atoms with van der Waals surface area (Å²) in [5.74, 6) is -0.678. The Kier molecular flexibility index (Phi) is 8.18. The quantitative estimate of drug-likeness (QED) is 0.701. The van der Waals surface area contributed by atoms with Gasteiger partial charge in [-0.2, -0.15) is 13.2 Å². The summed E-state index contributed by atoms with van der Waals surface area (Å²) in [4.78, 5) is 24.9. The molecule has 0 saturated heterocycles. The lowest BCUT2D eigenvalue weighted by Gasteiger charge is -2.20. The van der Waals surface area contributed by atoms with Gasteiger partial charge in [0.2, 0.25) is 11.8 Å². The number of nitrogens with zero attached hydrogens (tertiary/aromatic N) is 1. The number of carbonyl (C=O) groups is 2. The molecule has 140 valence electrons. The Hall–Kier alpha value is -1.80. The van der Waals surface area contributed by atoms with Crippen LogP contribution >= 0.6 is 11.6 Å². The largest absolute Gasteiger partial charge is 0.417 e. The van der Waals surface area contributed by atoms with Crippen LogP contribution in [0.1, 0.15) is 25.3 Å². The van der Waals surface area contributed by atoms with Crippen LogP contribution in [-0.4, -0.2) is 43.5 Å². The monoisotopic (exact) mass is 380 g/mol. The molecule has 1 N–H and O–H groups in total. The van der Waals surface area contributed by atoms with E-state index in [1.165, 1.54) is 17.9 Å². The van der Waals surface area contributed by atoms with Crippen molar-refractivity contribution in [1.82, 2.24) is 4.90 Å². The number of nitrogens with one attached hydrogen (secondary N) is 1. The van der Waals surface area contributed by atoms with Gasteiger partial charge in [0, 0.05) is 45.8 Å². The number of methoxy groups -OCH3 is 1. The second-order valence-electron chi connectivity index (χ2n) is 5.34. The summed E-state index contributed by atoms with van der Waals surface area (Å²) in [5, 5.41) is 1.94. The van der Waals surface area contributed by atoms with Gasteiger partial charge in [0.05, 0.1) is 10.6 Å². The van der Waals surface area contributed by atoms with E-state index in [2.05, 4.69) is 5.32 Å². The van der Waals surface area contributed by atoms with Gasteiger partial charge in [-0.1, -0.05) is 11.6 Å². The van der Waals surface area contributed by atoms with E-state index in [-0.39, 0.29) is 24.6 Å². The summed E-state index contributed by atoms with van der Waals surface area (Å²) in [6.45, 7) is 2.49. The molecule has 0 atom stereocenters. The van der Waals surface area contributed by atoms with Crippen LogP contribution in [0.2, 0.25) is 5.02 Å². The first kappa shape index (κ1) is 21.2. The molecule has 0 saturated carbocycles. The van der Waals surface area contributed by atoms with Crippen LogP contribution in [0.25, 0.3) is 0 Å². The van der Waals surface area contributed by atoms with Gasteiger partial charge in [-0.05, 0) is 24.6 Å². The zero-order valence-corrected chi connectivity index (χ0v) is 14.7. The molecular formula is C16H20ClF3N2O3. The first-order valence-corrected chi connectivity index (χ1v) is 7.94. The molecule has 0 aliphatic carbocycles. The Bertz CT molecular complexity index is 609. The van der Waals surface area contributed by atoms with Crippen LogP contribution in [0.3, 0.4) is 0 Å². The van der Waals surface area contributed by atoms with E-state index in [0.29, 0.717) is 19.6 Å². The van der Waals surface area contributed by atoms with E-state index in [9.17, 15) is 22.8 Å². The van der Waals surface area contributed by atoms with Gasteiger partial charge in [0.1, 0.15) is 0 Å². The minimum absolute atomic E-state index is 0.00418. The number of amides is 2. The molecule has 5 nitrogen and oxygen atoms in total. The summed E-state index contributed by atoms with van der Waals surface area (Å²) in [6, 6.07) is 3.14. The summed E-state index contributed by atoms with van der Waals surface area (Å²) in [5.41, 5.74) is -1.02. The van der Waals surface area contributed by atoms with Gasteiger partial charge < -0.3 is 15.0 Å². The van der Waals surface area contributed by atoms with Crippen LogP contribution in [0.4, 0.5) is 18.9 Å². The van der Waals surface area contributed by atoms with E-state index >= 15 is 0 Å². The van der Waals surface area contributed by atoms with Gasteiger partial charge in [0.25, 0.3) is 0 Å². The predicted octanol–water partition coefficient (Wildman–Crippen LogP) is 3.57. The molecule has 0 radical (unpaired) electrons. The highest BCUT2D eigenvalue weighted by Crippen LogP contribution is 2.36. The molecule has 2 amide bonds. The van der Waals surface area contributed by atoms with Crippen LogP contribution in [0.15, 0.2) is 18.2 Å². The summed E-state index contributed by atoms with van der Waals surface area (Å²) >= 11 is 5.53. The normalized spacial score (nSPS) is 11.3. The number of halogens is 4. The standard InChI is InChI=1S/C16H20ClF3N2O3/c1-11(23)22(7-3-9-25-2)8-6-15(24)21-12-4-5-14(17)13(10-12)16(18,19)20/h4-5,10H,3,6-9H2,1-2H3,(H,21,24). The minimum atomic E-state index is -4.61. The number of benzene rings is 1. The first-order valence-electron chi connectivity index (χ1n) is 7.56. The van der Waals surface area contributed by atoms with Gasteiger partial charge >= 0.3 is 6.18 Å². The molecule has 0 bridgehead atoms. The molecule has 1 rings (SSSR count). The average Bonchev–Trinajstić information content (AvgIpc) is 2.51. The molecule has 0 aromatic heterocycles. The topological polar surface area (TPSA) is 58.6 Å². The lowest BCUT2D eigenvalue weighted by molar-refractivity contribution is -0.137. The van der Waals surface area contributed by atoms with E-state index in [0.717, 1.165) is 12.1 Å². The number of rotatable bonds is 8. The highest BCUT2D eigenvalue weighted by atomic mass is 35.5. The van der Waals surface area contributed by atoms with Crippen molar-refractivity contribution >= 4 is 29.1 Å². The van der Waals surface area contributed by atoms with Crippen molar-refractivity contribution in [3.8, 4) is 0 Å². The van der Waals surface area contributed by atoms with Crippen molar-refractivity contribution in [2.75, 3.05) is 32.1 Å². The maximum atomic E-state index is 12.8. The fraction of sp³-hybridized carbons (Fsp3) is 0.500. The fourth-order valence-corrected chi connectivity index (χ4v) is 2.33. The van der Waals surface area contributed by atoms with E-state index in [4.69, 9.17) is 16.3 Å². The molecular weight excluding hydrogens is 361 g/mol. The van der Waals surface area contributed by atoms with Crippen molar-refractivity contribution in [3.63, 3.8) is 0 Å². The molecule has 1 aromatic rings. The third-order valence-electron chi connectivity index (χ3n) is 3.39. The number of alkyl halides is 3. The van der Waals surface area contributed by atoms with E-state index in [1.807, 2.05) is 0 Å². The van der Waals surface area contributed by atoms with E-state index < -0.39 is 22.7 Å². The van der Waals surface area contributed by atoms with Gasteiger partial charge in [-0.3, -0.25) is 9.59 Å². The number of anilines is 1. The Morgan fingerprint density at radius 3 is 2.52 bits per heavy atom. The zero-order chi connectivity index (χ0) is 19.0. The lowest BCUT2D eigenvalue weighted by atomic mass is 10.2. The van der Waals surface area contributed by atoms with Crippen LogP contribution < -0.4 is 5.32 Å². The van der Waals surface area contributed by atoms with Crippen molar-refractivity contribution in [2.24, 2.45) is 0 Å². The third-order valence-corrected chi connectivity index (χ3v) is 3.72. The molecule has 0 aliphatic rings. The number of ether oxygens (including phenoxy) is 1. The predicted molar refractivity (Wildman–Crippen MR) is 88.4 cm³/mol. The molecule has 0 fully saturated rings. The zero-order valence-electron chi connectivity index (χ0n) is 14.0. The second-order valence-corrected chi connectivity index (χ2v) is 5.75. The van der Waals surface area contributed by atoms with Crippen LogP contribution in [0.5, 0.6) is 0 Å². The molecule has 0 spiro atoms. The Labute approximate surface area is 149 Å². The van der Waals surface area contributed by atoms with Crippen molar-refractivity contribution < 1.29 is 27.5 Å². The number of carbonyl (C=O) groups excluding carboxylic acids is 2. The lowest BCUT2D eigenvalue weighted by Crippen LogP contribution is -2.33. The Morgan fingerprint density at radius 1 is 1.28 bits per heavy atom. The maximum Gasteiger partial charge on any atom is 0.417 e. The number of hydrogen-bond acceptors (Lipinski definition) is 3. The Balaban J connectivity index is 2.63. The highest BCUT2D eigenvalue weighted by molar-refractivity contribution is 6.31. The minimum Gasteiger partial charge on any atom is -0.385 e. The first-order chi connectivity index (χ1) is 11.6. The van der Waals surface area contributed by atoms with Crippen LogP contribution in [0, 0.1) is 0 Å². The summed E-state index contributed by atoms with van der Waals surface area (Å²) < 4.78 is 43.3. The van der Waals surface area contributed by atoms with E-state index in [1.54, 1.807) is 7.11 Å². The summed E-state index contributed by atoms with van der Waals surface area (Å²) in [6.07, 6.45) is -4.01. The maximum absolute atomic E-state index is 12.8. The van der Waals surface area contributed by atoms with Crippen LogP contribution in [-0.2, 0) is 20.5 Å². The van der Waals surface area contributed by atoms with Gasteiger partial charge in [0.15, 0.2) is 0 Å². The molecule has 1 aromatic carbocycles. The number of hydrogen-bond donors (Lipinski definition) is 1. The third kappa shape index (κ3) is 7.31. The van der Waals surface area contributed by atoms with Crippen molar-refractivity contribution in [2.45, 2.75) is 25.9 Å². The second kappa shape index (κ2) is 9.62. The SMILES string of the molecule is COCCCN(CCC(=O)Nc1ccc(Cl)c(C(F)(F)F)c1)C(C)=O. The average molecular weight is 381 g/mol.